The zero-order valence-electron chi connectivity index (χ0n) is 39.2. The standard InChI is InChI=1S/C58H84N2O/c1-5-9-11-13-15-17-19-21-47-27-41-55(59-43-47)49-33-37-53(38-34-49)57(51-29-23-45(7-3)24-30-51)61-58(52-31-25-46(8-4)26-32-52)54-39-35-50(36-40-54)56-42-28-48(44-60-56)22-20-18-16-14-12-10-6-2/h27-28,33-46,51-52,57-58H,5-26,29-32H2,1-4H3/t45-,46-,51-,52-,57?,58?. The number of hydrogen-bond acceptors (Lipinski definition) is 3. The Bertz CT molecular complexity index is 1600. The number of unbranched alkanes of at least 4 members (excludes halogenated alkanes) is 12. The van der Waals surface area contributed by atoms with Crippen LogP contribution in [0.25, 0.3) is 22.5 Å². The summed E-state index contributed by atoms with van der Waals surface area (Å²) in [6.45, 7) is 9.34. The summed E-state index contributed by atoms with van der Waals surface area (Å²) in [7, 11) is 0. The maximum atomic E-state index is 7.68. The Morgan fingerprint density at radius 2 is 0.787 bits per heavy atom. The predicted octanol–water partition coefficient (Wildman–Crippen LogP) is 17.6. The molecule has 2 saturated carbocycles. The minimum absolute atomic E-state index is 0.0864. The summed E-state index contributed by atoms with van der Waals surface area (Å²) in [5.74, 6) is 2.79. The highest BCUT2D eigenvalue weighted by Crippen LogP contribution is 2.47. The maximum Gasteiger partial charge on any atom is 0.0861 e. The lowest BCUT2D eigenvalue weighted by molar-refractivity contribution is -0.0905. The van der Waals surface area contributed by atoms with Crippen LogP contribution in [0.4, 0.5) is 0 Å². The van der Waals surface area contributed by atoms with Crippen LogP contribution in [0, 0.1) is 23.7 Å². The van der Waals surface area contributed by atoms with Crippen LogP contribution in [0.15, 0.2) is 85.2 Å². The van der Waals surface area contributed by atoms with Crippen LogP contribution in [0.5, 0.6) is 0 Å². The van der Waals surface area contributed by atoms with Crippen molar-refractivity contribution >= 4 is 0 Å². The minimum atomic E-state index is 0.0864. The average Bonchev–Trinajstić information content (AvgIpc) is 3.32. The van der Waals surface area contributed by atoms with E-state index in [1.54, 1.807) is 0 Å². The van der Waals surface area contributed by atoms with Gasteiger partial charge in [0, 0.05) is 23.5 Å². The Balaban J connectivity index is 1.15. The van der Waals surface area contributed by atoms with Gasteiger partial charge in [-0.15, -0.1) is 0 Å². The molecule has 61 heavy (non-hydrogen) atoms. The second-order valence-electron chi connectivity index (χ2n) is 19.4. The molecule has 2 aromatic heterocycles. The van der Waals surface area contributed by atoms with E-state index in [-0.39, 0.29) is 12.2 Å². The van der Waals surface area contributed by atoms with Crippen molar-refractivity contribution in [3.63, 3.8) is 0 Å². The summed E-state index contributed by atoms with van der Waals surface area (Å²) in [6.07, 6.45) is 38.4. The summed E-state index contributed by atoms with van der Waals surface area (Å²) < 4.78 is 7.68. The van der Waals surface area contributed by atoms with Crippen molar-refractivity contribution in [2.75, 3.05) is 0 Å². The maximum absolute atomic E-state index is 7.68. The molecule has 0 N–H and O–H groups in total. The van der Waals surface area contributed by atoms with Gasteiger partial charge < -0.3 is 4.74 Å². The lowest BCUT2D eigenvalue weighted by atomic mass is 9.75. The molecule has 0 saturated heterocycles. The SMILES string of the molecule is CCCCCCCCCc1ccc(-c2ccc(C(OC(c3ccc(-c4ccc(CCCCCCCCC)cn4)cc3)[C@H]3CC[C@H](CC)CC3)[C@H]3CC[C@H](CC)CC3)cc2)nc1. The molecule has 332 valence electrons. The fourth-order valence-corrected chi connectivity index (χ4v) is 10.6. The van der Waals surface area contributed by atoms with E-state index in [0.717, 1.165) is 36.1 Å². The molecule has 6 rings (SSSR count). The summed E-state index contributed by atoms with van der Waals surface area (Å²) >= 11 is 0. The first-order valence-electron chi connectivity index (χ1n) is 25.8. The van der Waals surface area contributed by atoms with Gasteiger partial charge in [0.05, 0.1) is 23.6 Å². The normalized spacial score (nSPS) is 20.4. The minimum Gasteiger partial charge on any atom is -0.365 e. The van der Waals surface area contributed by atoms with E-state index in [2.05, 4.69) is 113 Å². The van der Waals surface area contributed by atoms with Crippen LogP contribution in [0.3, 0.4) is 0 Å². The number of ether oxygens (including phenoxy) is 1. The van der Waals surface area contributed by atoms with Crippen molar-refractivity contribution in [3.8, 4) is 22.5 Å². The molecule has 0 amide bonds. The van der Waals surface area contributed by atoms with Crippen LogP contribution < -0.4 is 0 Å². The second kappa shape index (κ2) is 26.4. The van der Waals surface area contributed by atoms with E-state index in [1.165, 1.54) is 187 Å². The summed E-state index contributed by atoms with van der Waals surface area (Å²) in [4.78, 5) is 9.91. The number of pyridine rings is 2. The fraction of sp³-hybridized carbons (Fsp3) is 0.621. The van der Waals surface area contributed by atoms with Crippen molar-refractivity contribution in [1.29, 1.82) is 0 Å². The van der Waals surface area contributed by atoms with Crippen LogP contribution >= 0.6 is 0 Å². The highest BCUT2D eigenvalue weighted by molar-refractivity contribution is 5.60. The zero-order chi connectivity index (χ0) is 42.5. The van der Waals surface area contributed by atoms with Crippen molar-refractivity contribution in [3.05, 3.63) is 107 Å². The largest absolute Gasteiger partial charge is 0.365 e. The number of benzene rings is 2. The third-order valence-electron chi connectivity index (χ3n) is 14.9. The van der Waals surface area contributed by atoms with Gasteiger partial charge in [-0.3, -0.25) is 9.97 Å². The van der Waals surface area contributed by atoms with Gasteiger partial charge in [-0.25, -0.2) is 0 Å². The van der Waals surface area contributed by atoms with E-state index in [0.29, 0.717) is 11.8 Å². The summed E-state index contributed by atoms with van der Waals surface area (Å²) in [5, 5.41) is 0. The van der Waals surface area contributed by atoms with E-state index in [4.69, 9.17) is 14.7 Å². The Labute approximate surface area is 373 Å². The summed E-state index contributed by atoms with van der Waals surface area (Å²) in [5.41, 5.74) is 9.93. The quantitative estimate of drug-likeness (QED) is 0.0592. The lowest BCUT2D eigenvalue weighted by Crippen LogP contribution is -2.28. The molecular weight excluding hydrogens is 741 g/mol. The van der Waals surface area contributed by atoms with Crippen LogP contribution in [-0.4, -0.2) is 9.97 Å². The second-order valence-corrected chi connectivity index (χ2v) is 19.4. The molecule has 2 aliphatic carbocycles. The molecule has 0 spiro atoms. The van der Waals surface area contributed by atoms with E-state index in [9.17, 15) is 0 Å². The average molecular weight is 825 g/mol. The van der Waals surface area contributed by atoms with E-state index in [1.807, 2.05) is 0 Å². The Kier molecular flexibility index (Phi) is 20.4. The van der Waals surface area contributed by atoms with E-state index >= 15 is 0 Å². The molecule has 2 atom stereocenters. The summed E-state index contributed by atoms with van der Waals surface area (Å²) in [6, 6.07) is 27.8. The number of nitrogens with zero attached hydrogens (tertiary/aromatic N) is 2. The molecule has 2 fully saturated rings. The van der Waals surface area contributed by atoms with Crippen molar-refractivity contribution in [1.82, 2.24) is 9.97 Å². The van der Waals surface area contributed by atoms with Gasteiger partial charge in [0.1, 0.15) is 0 Å². The molecule has 2 heterocycles. The van der Waals surface area contributed by atoms with Gasteiger partial charge in [-0.1, -0.05) is 204 Å². The smallest absolute Gasteiger partial charge is 0.0861 e. The molecule has 2 aliphatic rings. The Hall–Kier alpha value is -3.30. The first kappa shape index (κ1) is 47.2. The van der Waals surface area contributed by atoms with Gasteiger partial charge in [0.2, 0.25) is 0 Å². The first-order chi connectivity index (χ1) is 30.1. The van der Waals surface area contributed by atoms with Gasteiger partial charge in [0.15, 0.2) is 0 Å². The van der Waals surface area contributed by atoms with Crippen molar-refractivity contribution < 1.29 is 4.74 Å². The Morgan fingerprint density at radius 3 is 1.11 bits per heavy atom. The number of hydrogen-bond donors (Lipinski definition) is 0. The molecule has 0 aliphatic heterocycles. The molecule has 3 nitrogen and oxygen atoms in total. The van der Waals surface area contributed by atoms with Gasteiger partial charge in [-0.2, -0.15) is 0 Å². The van der Waals surface area contributed by atoms with Gasteiger partial charge in [0.25, 0.3) is 0 Å². The molecule has 0 radical (unpaired) electrons. The number of aromatic nitrogens is 2. The van der Waals surface area contributed by atoms with Crippen LogP contribution in [0.1, 0.15) is 216 Å². The van der Waals surface area contributed by atoms with Crippen LogP contribution in [0.2, 0.25) is 0 Å². The molecular formula is C58H84N2O. The highest BCUT2D eigenvalue weighted by atomic mass is 16.5. The number of aryl methyl sites for hydroxylation is 2. The van der Waals surface area contributed by atoms with Crippen molar-refractivity contribution in [2.45, 2.75) is 207 Å². The first-order valence-corrected chi connectivity index (χ1v) is 25.8. The third-order valence-corrected chi connectivity index (χ3v) is 14.9. The van der Waals surface area contributed by atoms with Gasteiger partial charge >= 0.3 is 0 Å². The molecule has 2 unspecified atom stereocenters. The lowest BCUT2D eigenvalue weighted by Gasteiger charge is -2.40. The number of rotatable bonds is 26. The Morgan fingerprint density at radius 1 is 0.426 bits per heavy atom. The molecule has 3 heteroatoms. The van der Waals surface area contributed by atoms with Crippen LogP contribution in [-0.2, 0) is 17.6 Å². The topological polar surface area (TPSA) is 35.0 Å². The molecule has 4 aromatic rings. The third kappa shape index (κ3) is 14.9. The fourth-order valence-electron chi connectivity index (χ4n) is 10.6. The van der Waals surface area contributed by atoms with Crippen molar-refractivity contribution in [2.24, 2.45) is 23.7 Å². The molecule has 2 aromatic carbocycles. The van der Waals surface area contributed by atoms with Gasteiger partial charge in [-0.05, 0) is 109 Å². The predicted molar refractivity (Wildman–Crippen MR) is 261 cm³/mol. The van der Waals surface area contributed by atoms with E-state index < -0.39 is 0 Å². The molecule has 0 bridgehead atoms. The zero-order valence-corrected chi connectivity index (χ0v) is 39.2. The monoisotopic (exact) mass is 825 g/mol. The highest BCUT2D eigenvalue weighted by Gasteiger charge is 2.35.